The highest BCUT2D eigenvalue weighted by Crippen LogP contribution is 2.10. The van der Waals surface area contributed by atoms with Crippen LogP contribution in [0.1, 0.15) is 10.4 Å². The predicted octanol–water partition coefficient (Wildman–Crippen LogP) is 0.188. The summed E-state index contributed by atoms with van der Waals surface area (Å²) >= 11 is 2.09. The minimum absolute atomic E-state index is 0.315. The number of aliphatic hydroxyl groups excluding tert-OH is 3. The van der Waals surface area contributed by atoms with Crippen LogP contribution in [0.3, 0.4) is 0 Å². The third-order valence-electron chi connectivity index (χ3n) is 1.95. The van der Waals surface area contributed by atoms with E-state index in [1.807, 2.05) is 0 Å². The Kier molecular flexibility index (Phi) is 4.65. The van der Waals surface area contributed by atoms with E-state index >= 15 is 0 Å². The minimum Gasteiger partial charge on any atom is -0.394 e. The Labute approximate surface area is 101 Å². The third kappa shape index (κ3) is 3.23. The first-order valence-corrected chi connectivity index (χ1v) is 5.41. The van der Waals surface area contributed by atoms with Gasteiger partial charge in [0.15, 0.2) is 5.78 Å². The summed E-state index contributed by atoms with van der Waals surface area (Å²) in [5, 5.41) is 27.0. The van der Waals surface area contributed by atoms with Crippen LogP contribution in [0.25, 0.3) is 0 Å². The van der Waals surface area contributed by atoms with Crippen LogP contribution in [0.15, 0.2) is 24.3 Å². The van der Waals surface area contributed by atoms with Gasteiger partial charge in [0.25, 0.3) is 0 Å². The van der Waals surface area contributed by atoms with Crippen molar-refractivity contribution in [1.29, 1.82) is 0 Å². The maximum Gasteiger partial charge on any atom is 0.194 e. The van der Waals surface area contributed by atoms with Gasteiger partial charge in [-0.2, -0.15) is 0 Å². The van der Waals surface area contributed by atoms with Gasteiger partial charge in [-0.1, -0.05) is 12.1 Å². The van der Waals surface area contributed by atoms with Crippen molar-refractivity contribution in [3.63, 3.8) is 0 Å². The van der Waals surface area contributed by atoms with E-state index in [4.69, 9.17) is 10.2 Å². The Morgan fingerprint density at radius 1 is 1.27 bits per heavy atom. The molecule has 0 fully saturated rings. The monoisotopic (exact) mass is 322 g/mol. The lowest BCUT2D eigenvalue weighted by Gasteiger charge is -2.14. The molecule has 0 spiro atoms. The minimum atomic E-state index is -1.57. The Balaban J connectivity index is 2.80. The number of halogens is 1. The largest absolute Gasteiger partial charge is 0.394 e. The van der Waals surface area contributed by atoms with Crippen LogP contribution in [-0.4, -0.2) is 39.9 Å². The Hall–Kier alpha value is -0.500. The van der Waals surface area contributed by atoms with Crippen LogP contribution in [0.4, 0.5) is 0 Å². The molecule has 0 aliphatic rings. The summed E-state index contributed by atoms with van der Waals surface area (Å²) in [6.07, 6.45) is -3.01. The van der Waals surface area contributed by atoms with E-state index in [0.717, 1.165) is 3.57 Å². The summed E-state index contributed by atoms with van der Waals surface area (Å²) in [6, 6.07) is 6.59. The van der Waals surface area contributed by atoms with Gasteiger partial charge in [-0.25, -0.2) is 0 Å². The van der Waals surface area contributed by atoms with E-state index in [1.165, 1.54) is 0 Å². The molecule has 0 radical (unpaired) electrons. The zero-order chi connectivity index (χ0) is 11.4. The van der Waals surface area contributed by atoms with Crippen LogP contribution in [0.2, 0.25) is 0 Å². The van der Waals surface area contributed by atoms with Gasteiger partial charge in [0.2, 0.25) is 0 Å². The zero-order valence-corrected chi connectivity index (χ0v) is 9.96. The molecule has 5 heteroatoms. The van der Waals surface area contributed by atoms with Crippen molar-refractivity contribution < 1.29 is 20.1 Å². The van der Waals surface area contributed by atoms with Crippen LogP contribution in [0.5, 0.6) is 0 Å². The molecular weight excluding hydrogens is 311 g/mol. The predicted molar refractivity (Wildman–Crippen MR) is 62.6 cm³/mol. The summed E-state index contributed by atoms with van der Waals surface area (Å²) in [5.74, 6) is -0.590. The number of rotatable bonds is 4. The molecule has 82 valence electrons. The van der Waals surface area contributed by atoms with Gasteiger partial charge in [0.1, 0.15) is 12.2 Å². The maximum absolute atomic E-state index is 11.5. The van der Waals surface area contributed by atoms with Crippen LogP contribution >= 0.6 is 22.6 Å². The van der Waals surface area contributed by atoms with Gasteiger partial charge in [-0.3, -0.25) is 4.79 Å². The molecule has 4 nitrogen and oxygen atoms in total. The van der Waals surface area contributed by atoms with Crippen molar-refractivity contribution in [2.24, 2.45) is 0 Å². The molecule has 0 saturated carbocycles. The van der Waals surface area contributed by atoms with Crippen molar-refractivity contribution in [3.05, 3.63) is 33.4 Å². The van der Waals surface area contributed by atoms with E-state index in [0.29, 0.717) is 5.56 Å². The van der Waals surface area contributed by atoms with Crippen LogP contribution in [-0.2, 0) is 0 Å². The van der Waals surface area contributed by atoms with Gasteiger partial charge in [0.05, 0.1) is 6.61 Å². The molecule has 0 aromatic heterocycles. The van der Waals surface area contributed by atoms with E-state index < -0.39 is 24.6 Å². The second kappa shape index (κ2) is 5.55. The molecule has 0 amide bonds. The Morgan fingerprint density at radius 2 is 1.80 bits per heavy atom. The molecule has 1 aromatic carbocycles. The van der Waals surface area contributed by atoms with E-state index in [2.05, 4.69) is 22.6 Å². The second-order valence-electron chi connectivity index (χ2n) is 3.07. The lowest BCUT2D eigenvalue weighted by molar-refractivity contribution is -0.00491. The number of ketones is 1. The average Bonchev–Trinajstić information content (AvgIpc) is 2.27. The van der Waals surface area contributed by atoms with Crippen molar-refractivity contribution in [3.8, 4) is 0 Å². The fraction of sp³-hybridized carbons (Fsp3) is 0.300. The number of benzene rings is 1. The molecule has 0 saturated heterocycles. The van der Waals surface area contributed by atoms with Crippen LogP contribution in [0, 0.1) is 3.57 Å². The number of hydrogen-bond donors (Lipinski definition) is 3. The quantitative estimate of drug-likeness (QED) is 0.546. The normalized spacial score (nSPS) is 14.7. The zero-order valence-electron chi connectivity index (χ0n) is 7.80. The summed E-state index contributed by atoms with van der Waals surface area (Å²) in [4.78, 5) is 11.5. The number of hydrogen-bond acceptors (Lipinski definition) is 4. The van der Waals surface area contributed by atoms with Gasteiger partial charge in [0, 0.05) is 9.13 Å². The maximum atomic E-state index is 11.5. The van der Waals surface area contributed by atoms with Crippen molar-refractivity contribution in [2.45, 2.75) is 12.2 Å². The van der Waals surface area contributed by atoms with Gasteiger partial charge < -0.3 is 15.3 Å². The van der Waals surface area contributed by atoms with E-state index in [9.17, 15) is 9.90 Å². The molecule has 1 rings (SSSR count). The smallest absolute Gasteiger partial charge is 0.194 e. The first-order chi connectivity index (χ1) is 7.06. The molecule has 0 aliphatic carbocycles. The summed E-state index contributed by atoms with van der Waals surface area (Å²) in [5.41, 5.74) is 0.315. The topological polar surface area (TPSA) is 77.8 Å². The molecule has 2 unspecified atom stereocenters. The van der Waals surface area contributed by atoms with Crippen molar-refractivity contribution in [2.75, 3.05) is 6.61 Å². The standard InChI is InChI=1S/C10H11IO4/c11-7-3-1-6(2-4-7)9(14)10(15)8(13)5-12/h1-4,8,10,12-13,15H,5H2. The molecule has 3 N–H and O–H groups in total. The molecule has 0 aliphatic heterocycles. The fourth-order valence-electron chi connectivity index (χ4n) is 1.06. The summed E-state index contributed by atoms with van der Waals surface area (Å²) in [6.45, 7) is -0.642. The molecule has 15 heavy (non-hydrogen) atoms. The van der Waals surface area contributed by atoms with Crippen molar-refractivity contribution >= 4 is 28.4 Å². The Bertz CT molecular complexity index is 336. The summed E-state index contributed by atoms with van der Waals surface area (Å²) < 4.78 is 0.973. The van der Waals surface area contributed by atoms with E-state index in [-0.39, 0.29) is 0 Å². The van der Waals surface area contributed by atoms with Crippen LogP contribution < -0.4 is 0 Å². The first kappa shape index (κ1) is 12.6. The fourth-order valence-corrected chi connectivity index (χ4v) is 1.42. The summed E-state index contributed by atoms with van der Waals surface area (Å²) in [7, 11) is 0. The highest BCUT2D eigenvalue weighted by atomic mass is 127. The number of aliphatic hydroxyl groups is 3. The highest BCUT2D eigenvalue weighted by Gasteiger charge is 2.24. The van der Waals surface area contributed by atoms with Crippen molar-refractivity contribution in [1.82, 2.24) is 0 Å². The lowest BCUT2D eigenvalue weighted by atomic mass is 10.0. The first-order valence-electron chi connectivity index (χ1n) is 4.33. The number of Topliss-reactive ketones (excluding diaryl/α,β-unsaturated/α-hetero) is 1. The lowest BCUT2D eigenvalue weighted by Crippen LogP contribution is -2.36. The van der Waals surface area contributed by atoms with Gasteiger partial charge >= 0.3 is 0 Å². The molecule has 0 bridgehead atoms. The van der Waals surface area contributed by atoms with E-state index in [1.54, 1.807) is 24.3 Å². The second-order valence-corrected chi connectivity index (χ2v) is 4.31. The van der Waals surface area contributed by atoms with Gasteiger partial charge in [-0.15, -0.1) is 0 Å². The number of carbonyl (C=O) groups excluding carboxylic acids is 1. The van der Waals surface area contributed by atoms with Gasteiger partial charge in [-0.05, 0) is 34.7 Å². The number of carbonyl (C=O) groups is 1. The molecule has 1 aromatic rings. The molecule has 2 atom stereocenters. The SMILES string of the molecule is O=C(c1ccc(I)cc1)C(O)C(O)CO. The molecule has 0 heterocycles. The highest BCUT2D eigenvalue weighted by molar-refractivity contribution is 14.1. The molecular formula is C10H11IO4. The third-order valence-corrected chi connectivity index (χ3v) is 2.67. The Morgan fingerprint density at radius 3 is 2.27 bits per heavy atom. The average molecular weight is 322 g/mol.